The molecule has 1 aromatic heterocycles. The van der Waals surface area contributed by atoms with Crippen molar-refractivity contribution in [1.29, 1.82) is 0 Å². The van der Waals surface area contributed by atoms with E-state index in [9.17, 15) is 28.8 Å². The summed E-state index contributed by atoms with van der Waals surface area (Å²) in [7, 11) is 1.85. The highest BCUT2D eigenvalue weighted by Crippen LogP contribution is 2.27. The Balaban J connectivity index is 1.61. The number of benzene rings is 1. The molecule has 4 rings (SSSR count). The minimum atomic E-state index is -1.11. The van der Waals surface area contributed by atoms with Crippen molar-refractivity contribution in [3.63, 3.8) is 0 Å². The van der Waals surface area contributed by atoms with Crippen molar-refractivity contribution in [3.8, 4) is 0 Å². The number of pyridine rings is 1. The lowest BCUT2D eigenvalue weighted by molar-refractivity contribution is -0.671. The first-order valence-electron chi connectivity index (χ1n) is 18.8. The highest BCUT2D eigenvalue weighted by Gasteiger charge is 2.39. The third-order valence-electron chi connectivity index (χ3n) is 10.1. The van der Waals surface area contributed by atoms with Gasteiger partial charge in [-0.05, 0) is 67.7 Å². The molecule has 1 saturated heterocycles. The fourth-order valence-corrected chi connectivity index (χ4v) is 7.43. The molecular formula is C39H57N8O6+. The zero-order valence-electron chi connectivity index (χ0n) is 31.4. The van der Waals surface area contributed by atoms with Crippen LogP contribution in [-0.2, 0) is 48.7 Å². The second-order valence-electron chi connectivity index (χ2n) is 15.0. The molecule has 14 nitrogen and oxygen atoms in total. The van der Waals surface area contributed by atoms with Crippen LogP contribution in [0.15, 0.2) is 48.8 Å². The summed E-state index contributed by atoms with van der Waals surface area (Å²) in [4.78, 5) is 82.1. The van der Waals surface area contributed by atoms with Gasteiger partial charge in [-0.2, -0.15) is 0 Å². The molecule has 0 bridgehead atoms. The monoisotopic (exact) mass is 733 g/mol. The Labute approximate surface area is 312 Å². The van der Waals surface area contributed by atoms with Crippen molar-refractivity contribution >= 4 is 41.1 Å². The summed E-state index contributed by atoms with van der Waals surface area (Å²) < 4.78 is 1.84. The number of hydrogen-bond donors (Lipinski definition) is 6. The van der Waals surface area contributed by atoms with Crippen molar-refractivity contribution in [2.45, 2.75) is 115 Å². The van der Waals surface area contributed by atoms with E-state index in [2.05, 4.69) is 21.3 Å². The van der Waals surface area contributed by atoms with Gasteiger partial charge >= 0.3 is 0 Å². The zero-order chi connectivity index (χ0) is 38.7. The van der Waals surface area contributed by atoms with Crippen LogP contribution in [0.5, 0.6) is 0 Å². The number of hydrogen-bond acceptors (Lipinski definition) is 7. The highest BCUT2D eigenvalue weighted by molar-refractivity contribution is 5.96. The first-order chi connectivity index (χ1) is 25.2. The van der Waals surface area contributed by atoms with Crippen LogP contribution >= 0.6 is 0 Å². The Morgan fingerprint density at radius 2 is 1.42 bits per heavy atom. The lowest BCUT2D eigenvalue weighted by Gasteiger charge is -2.33. The first kappa shape index (κ1) is 40.8. The van der Waals surface area contributed by atoms with E-state index in [-0.39, 0.29) is 30.6 Å². The second-order valence-corrected chi connectivity index (χ2v) is 15.0. The predicted molar refractivity (Wildman–Crippen MR) is 199 cm³/mol. The topological polar surface area (TPSA) is 210 Å². The van der Waals surface area contributed by atoms with E-state index in [1.165, 1.54) is 11.8 Å². The number of nitrogens with zero attached hydrogens (tertiary/aromatic N) is 2. The molecule has 1 saturated carbocycles. The van der Waals surface area contributed by atoms with Crippen molar-refractivity contribution < 1.29 is 33.3 Å². The van der Waals surface area contributed by atoms with Gasteiger partial charge in [-0.3, -0.25) is 28.8 Å². The van der Waals surface area contributed by atoms with E-state index in [1.54, 1.807) is 24.3 Å². The molecule has 53 heavy (non-hydrogen) atoms. The van der Waals surface area contributed by atoms with Gasteiger partial charge in [0.15, 0.2) is 12.4 Å². The van der Waals surface area contributed by atoms with E-state index < -0.39 is 59.7 Å². The number of carbonyl (C=O) groups is 6. The summed E-state index contributed by atoms with van der Waals surface area (Å²) in [5.74, 6) is -3.15. The van der Waals surface area contributed by atoms with Crippen molar-refractivity contribution in [3.05, 3.63) is 59.9 Å². The zero-order valence-corrected chi connectivity index (χ0v) is 31.4. The molecule has 1 aliphatic carbocycles. The van der Waals surface area contributed by atoms with Crippen LogP contribution in [0, 0.1) is 11.8 Å². The predicted octanol–water partition coefficient (Wildman–Crippen LogP) is 0.940. The van der Waals surface area contributed by atoms with Crippen LogP contribution in [0.1, 0.15) is 83.3 Å². The molecule has 5 atom stereocenters. The summed E-state index contributed by atoms with van der Waals surface area (Å²) in [5, 5.41) is 11.5. The summed E-state index contributed by atoms with van der Waals surface area (Å²) in [6, 6.07) is 5.94. The van der Waals surface area contributed by atoms with Crippen molar-refractivity contribution in [2.75, 3.05) is 12.3 Å². The van der Waals surface area contributed by atoms with Crippen LogP contribution < -0.4 is 37.3 Å². The smallest absolute Gasteiger partial charge is 0.245 e. The Kier molecular flexibility index (Phi) is 14.7. The molecule has 0 unspecified atom stereocenters. The molecule has 0 radical (unpaired) electrons. The number of rotatable bonds is 16. The lowest BCUT2D eigenvalue weighted by atomic mass is 9.83. The minimum Gasteiger partial charge on any atom is -0.399 e. The number of anilines is 1. The van der Waals surface area contributed by atoms with Gasteiger partial charge in [-0.15, -0.1) is 0 Å². The van der Waals surface area contributed by atoms with Gasteiger partial charge in [0, 0.05) is 43.6 Å². The van der Waals surface area contributed by atoms with E-state index in [0.29, 0.717) is 44.3 Å². The van der Waals surface area contributed by atoms with Crippen LogP contribution in [0.4, 0.5) is 5.69 Å². The number of primary amides is 1. The molecule has 2 aliphatic rings. The number of aryl methyl sites for hydroxylation is 1. The van der Waals surface area contributed by atoms with Crippen LogP contribution in [0.2, 0.25) is 0 Å². The number of nitrogens with one attached hydrogen (secondary N) is 4. The van der Waals surface area contributed by atoms with Gasteiger partial charge < -0.3 is 37.6 Å². The Morgan fingerprint density at radius 3 is 2.04 bits per heavy atom. The third kappa shape index (κ3) is 12.0. The standard InChI is InChI=1S/C39H56N8O6/c1-24(2)20-32(39(53)47-19-9-13-33(47)35(41)49)44-36(50)31(22-27-10-8-18-46(4)23-27)43-38(52)34(28-11-6-5-7-12-28)45-37(51)30(42-25(3)48)21-26-14-16-29(40)17-15-26/h8,10,14-18,23-24,28,30-34H,5-7,9,11-13,19-22,40H2,1-4H3,(H5-,41,42,43,44,45,48,49,50,51,52)/p+1/t30-,31-,32-,33-,34-/m0/s1. The Hall–Kier alpha value is -5.01. The first-order valence-corrected chi connectivity index (χ1v) is 18.8. The number of amides is 6. The maximum Gasteiger partial charge on any atom is 0.245 e. The Bertz CT molecular complexity index is 1610. The van der Waals surface area contributed by atoms with Crippen LogP contribution in [0.25, 0.3) is 0 Å². The summed E-state index contributed by atoms with van der Waals surface area (Å²) in [6.07, 6.45) is 9.58. The van der Waals surface area contributed by atoms with Crippen molar-refractivity contribution in [2.24, 2.45) is 24.6 Å². The molecular weight excluding hydrogens is 676 g/mol. The SMILES string of the molecule is CC(=O)N[C@@H](Cc1ccc(N)cc1)C(=O)N[C@H](C(=O)N[C@@H](Cc1ccc[n+](C)c1)C(=O)N[C@@H](CC(C)C)C(=O)N1CCC[C@H]1C(N)=O)C1CCCCC1. The number of carbonyl (C=O) groups excluding carboxylic acids is 6. The van der Waals surface area contributed by atoms with Gasteiger partial charge in [-0.1, -0.05) is 45.2 Å². The van der Waals surface area contributed by atoms with Gasteiger partial charge in [0.05, 0.1) is 0 Å². The maximum atomic E-state index is 14.4. The molecule has 8 N–H and O–H groups in total. The molecule has 2 aromatic rings. The largest absolute Gasteiger partial charge is 0.399 e. The molecule has 0 spiro atoms. The minimum absolute atomic E-state index is 0.0239. The fourth-order valence-electron chi connectivity index (χ4n) is 7.43. The van der Waals surface area contributed by atoms with Gasteiger partial charge in [-0.25, -0.2) is 4.57 Å². The van der Waals surface area contributed by atoms with Crippen LogP contribution in [-0.4, -0.2) is 77.1 Å². The molecule has 1 aromatic carbocycles. The molecule has 288 valence electrons. The third-order valence-corrected chi connectivity index (χ3v) is 10.1. The number of likely N-dealkylation sites (tertiary alicyclic amines) is 1. The Morgan fingerprint density at radius 1 is 0.792 bits per heavy atom. The van der Waals surface area contributed by atoms with Gasteiger partial charge in [0.25, 0.3) is 0 Å². The van der Waals surface area contributed by atoms with Gasteiger partial charge in [0.1, 0.15) is 37.3 Å². The summed E-state index contributed by atoms with van der Waals surface area (Å²) >= 11 is 0. The highest BCUT2D eigenvalue weighted by atomic mass is 16.2. The number of aromatic nitrogens is 1. The molecule has 2 fully saturated rings. The average molecular weight is 734 g/mol. The normalized spacial score (nSPS) is 18.4. The molecule has 6 amide bonds. The van der Waals surface area contributed by atoms with E-state index >= 15 is 0 Å². The van der Waals surface area contributed by atoms with Gasteiger partial charge in [0.2, 0.25) is 35.4 Å². The maximum absolute atomic E-state index is 14.4. The molecule has 1 aliphatic heterocycles. The molecule has 2 heterocycles. The quantitative estimate of drug-likeness (QED) is 0.109. The average Bonchev–Trinajstić information content (AvgIpc) is 3.61. The number of nitrogens with two attached hydrogens (primary N) is 2. The summed E-state index contributed by atoms with van der Waals surface area (Å²) in [6.45, 7) is 5.56. The van der Waals surface area contributed by atoms with E-state index in [0.717, 1.165) is 30.4 Å². The molecule has 14 heteroatoms. The summed E-state index contributed by atoms with van der Waals surface area (Å²) in [5.41, 5.74) is 13.6. The van der Waals surface area contributed by atoms with E-state index in [4.69, 9.17) is 11.5 Å². The second kappa shape index (κ2) is 19.2. The van der Waals surface area contributed by atoms with Crippen LogP contribution in [0.3, 0.4) is 0 Å². The fraction of sp³-hybridized carbons (Fsp3) is 0.564. The van der Waals surface area contributed by atoms with E-state index in [1.807, 2.05) is 50.0 Å². The number of nitrogen functional groups attached to an aromatic ring is 1. The lowest BCUT2D eigenvalue weighted by Crippen LogP contribution is -2.61. The van der Waals surface area contributed by atoms with Crippen molar-refractivity contribution in [1.82, 2.24) is 26.2 Å².